The molecule has 1 aliphatic rings. The first-order valence-corrected chi connectivity index (χ1v) is 14.9. The molecule has 1 aliphatic heterocycles. The van der Waals surface area contributed by atoms with Gasteiger partial charge in [-0.05, 0) is 36.2 Å². The van der Waals surface area contributed by atoms with Crippen LogP contribution in [0.3, 0.4) is 0 Å². The van der Waals surface area contributed by atoms with E-state index in [-0.39, 0.29) is 30.3 Å². The van der Waals surface area contributed by atoms with Gasteiger partial charge in [0.2, 0.25) is 21.8 Å². The molecule has 4 rings (SSSR count). The number of fused-ring (bicyclic) bond motifs is 1. The molecule has 3 aromatic rings. The molecule has 11 heteroatoms. The van der Waals surface area contributed by atoms with Crippen LogP contribution in [0.2, 0.25) is 5.02 Å². The van der Waals surface area contributed by atoms with Gasteiger partial charge in [-0.3, -0.25) is 13.9 Å². The topological polar surface area (TPSA) is 105 Å². The maximum absolute atomic E-state index is 14.1. The number of ether oxygens (including phenoxy) is 2. The van der Waals surface area contributed by atoms with Crippen LogP contribution in [0.15, 0.2) is 72.8 Å². The molecule has 2 amide bonds. The number of carbonyl (C=O) groups excluding carboxylic acids is 2. The summed E-state index contributed by atoms with van der Waals surface area (Å²) in [6.07, 6.45) is 0.223. The van der Waals surface area contributed by atoms with Crippen LogP contribution in [0.25, 0.3) is 0 Å². The molecule has 0 fully saturated rings. The lowest BCUT2D eigenvalue weighted by atomic mass is 10.0. The van der Waals surface area contributed by atoms with E-state index < -0.39 is 28.5 Å². The number of carbonyl (C=O) groups is 2. The lowest BCUT2D eigenvalue weighted by molar-refractivity contribution is -0.139. The van der Waals surface area contributed by atoms with E-state index in [2.05, 4.69) is 5.32 Å². The smallest absolute Gasteiger partial charge is 0.244 e. The van der Waals surface area contributed by atoms with Crippen LogP contribution in [0, 0.1) is 0 Å². The molecule has 0 saturated heterocycles. The second-order valence-electron chi connectivity index (χ2n) is 9.17. The number of hydrogen-bond donors (Lipinski definition) is 1. The van der Waals surface area contributed by atoms with E-state index in [0.717, 1.165) is 9.87 Å². The van der Waals surface area contributed by atoms with Crippen LogP contribution in [-0.2, 0) is 32.6 Å². The highest BCUT2D eigenvalue weighted by Crippen LogP contribution is 2.35. The van der Waals surface area contributed by atoms with E-state index in [4.69, 9.17) is 21.1 Å². The highest BCUT2D eigenvalue weighted by Gasteiger charge is 2.34. The molecule has 40 heavy (non-hydrogen) atoms. The number of likely N-dealkylation sites (N-methyl/N-ethyl adjacent to an activating group) is 1. The Morgan fingerprint density at radius 3 is 2.33 bits per heavy atom. The van der Waals surface area contributed by atoms with Gasteiger partial charge in [-0.15, -0.1) is 0 Å². The highest BCUT2D eigenvalue weighted by molar-refractivity contribution is 7.92. The van der Waals surface area contributed by atoms with Crippen molar-refractivity contribution in [3.05, 3.63) is 88.9 Å². The van der Waals surface area contributed by atoms with Crippen molar-refractivity contribution in [3.63, 3.8) is 0 Å². The second-order valence-corrected chi connectivity index (χ2v) is 11.8. The van der Waals surface area contributed by atoms with Gasteiger partial charge < -0.3 is 19.7 Å². The summed E-state index contributed by atoms with van der Waals surface area (Å²) in [6, 6.07) is 20.2. The molecule has 1 atom stereocenters. The Kier molecular flexibility index (Phi) is 9.54. The molecule has 9 nitrogen and oxygen atoms in total. The van der Waals surface area contributed by atoms with Gasteiger partial charge in [0.05, 0.1) is 11.4 Å². The van der Waals surface area contributed by atoms with Crippen LogP contribution in [-0.4, -0.2) is 63.7 Å². The van der Waals surface area contributed by atoms with E-state index >= 15 is 0 Å². The molecule has 0 bridgehead atoms. The average molecular weight is 586 g/mol. The molecule has 3 aromatic carbocycles. The number of nitrogens with one attached hydrogen (secondary N) is 1. The van der Waals surface area contributed by atoms with Crippen molar-refractivity contribution in [2.45, 2.75) is 25.9 Å². The summed E-state index contributed by atoms with van der Waals surface area (Å²) >= 11 is 6.44. The second kappa shape index (κ2) is 13.1. The predicted molar refractivity (Wildman–Crippen MR) is 154 cm³/mol. The SMILES string of the molecule is CCS(=O)(=O)N(CC(=O)N(Cc1ccccc1Cl)[C@@H](Cc1ccccc1)C(=O)NC)c1ccc2c(c1)OCCO2. The Balaban J connectivity index is 1.74. The third kappa shape index (κ3) is 6.86. The molecule has 1 heterocycles. The van der Waals surface area contributed by atoms with Gasteiger partial charge in [0.25, 0.3) is 0 Å². The summed E-state index contributed by atoms with van der Waals surface area (Å²) in [5.74, 6) is -0.280. The van der Waals surface area contributed by atoms with Crippen LogP contribution in [0.5, 0.6) is 11.5 Å². The van der Waals surface area contributed by atoms with E-state index in [1.807, 2.05) is 30.3 Å². The number of rotatable bonds is 11. The number of hydrogen-bond acceptors (Lipinski definition) is 6. The Morgan fingerprint density at radius 1 is 0.975 bits per heavy atom. The van der Waals surface area contributed by atoms with Crippen molar-refractivity contribution >= 4 is 39.1 Å². The fraction of sp³-hybridized carbons (Fsp3) is 0.310. The van der Waals surface area contributed by atoms with Crippen molar-refractivity contribution in [2.75, 3.05) is 36.9 Å². The van der Waals surface area contributed by atoms with Crippen LogP contribution >= 0.6 is 11.6 Å². The number of halogens is 1. The molecule has 0 aliphatic carbocycles. The largest absolute Gasteiger partial charge is 0.486 e. The average Bonchev–Trinajstić information content (AvgIpc) is 2.98. The summed E-state index contributed by atoms with van der Waals surface area (Å²) in [5.41, 5.74) is 1.73. The third-order valence-electron chi connectivity index (χ3n) is 6.61. The summed E-state index contributed by atoms with van der Waals surface area (Å²) in [5, 5.41) is 3.08. The normalized spacial score (nSPS) is 13.3. The fourth-order valence-corrected chi connectivity index (χ4v) is 5.69. The third-order valence-corrected chi connectivity index (χ3v) is 8.72. The van der Waals surface area contributed by atoms with Crippen LogP contribution in [0.1, 0.15) is 18.1 Å². The summed E-state index contributed by atoms with van der Waals surface area (Å²) in [4.78, 5) is 28.7. The minimum atomic E-state index is -3.90. The quantitative estimate of drug-likeness (QED) is 0.368. The Labute approximate surface area is 239 Å². The Morgan fingerprint density at radius 2 is 1.65 bits per heavy atom. The van der Waals surface area contributed by atoms with Crippen molar-refractivity contribution in [2.24, 2.45) is 0 Å². The molecular weight excluding hydrogens is 554 g/mol. The maximum atomic E-state index is 14.1. The van der Waals surface area contributed by atoms with Gasteiger partial charge in [0.15, 0.2) is 11.5 Å². The van der Waals surface area contributed by atoms with Crippen molar-refractivity contribution < 1.29 is 27.5 Å². The van der Waals surface area contributed by atoms with Gasteiger partial charge in [-0.25, -0.2) is 8.42 Å². The van der Waals surface area contributed by atoms with Gasteiger partial charge >= 0.3 is 0 Å². The van der Waals surface area contributed by atoms with Crippen molar-refractivity contribution in [1.29, 1.82) is 0 Å². The fourth-order valence-electron chi connectivity index (χ4n) is 4.44. The van der Waals surface area contributed by atoms with E-state index in [1.54, 1.807) is 42.5 Å². The molecule has 0 unspecified atom stereocenters. The first-order chi connectivity index (χ1) is 19.2. The van der Waals surface area contributed by atoms with Gasteiger partial charge in [-0.1, -0.05) is 60.1 Å². The Hall–Kier alpha value is -3.76. The molecule has 0 radical (unpaired) electrons. The van der Waals surface area contributed by atoms with E-state index in [0.29, 0.717) is 35.3 Å². The number of anilines is 1. The van der Waals surface area contributed by atoms with E-state index in [1.165, 1.54) is 18.9 Å². The van der Waals surface area contributed by atoms with Gasteiger partial charge in [-0.2, -0.15) is 0 Å². The zero-order valence-electron chi connectivity index (χ0n) is 22.4. The zero-order chi connectivity index (χ0) is 28.7. The molecule has 0 saturated carbocycles. The molecule has 0 spiro atoms. The van der Waals surface area contributed by atoms with Crippen molar-refractivity contribution in [1.82, 2.24) is 10.2 Å². The lowest BCUT2D eigenvalue weighted by Crippen LogP contribution is -2.53. The monoisotopic (exact) mass is 585 g/mol. The maximum Gasteiger partial charge on any atom is 0.244 e. The minimum absolute atomic E-state index is 0.00454. The van der Waals surface area contributed by atoms with Crippen LogP contribution in [0.4, 0.5) is 5.69 Å². The number of nitrogens with zero attached hydrogens (tertiary/aromatic N) is 2. The zero-order valence-corrected chi connectivity index (χ0v) is 24.0. The molecule has 0 aromatic heterocycles. The summed E-state index contributed by atoms with van der Waals surface area (Å²) < 4.78 is 38.8. The molecule has 212 valence electrons. The first-order valence-electron chi connectivity index (χ1n) is 12.9. The lowest BCUT2D eigenvalue weighted by Gasteiger charge is -2.34. The molecular formula is C29H32ClN3O6S. The Bertz CT molecular complexity index is 1450. The summed E-state index contributed by atoms with van der Waals surface area (Å²) in [6.45, 7) is 1.71. The summed E-state index contributed by atoms with van der Waals surface area (Å²) in [7, 11) is -2.40. The minimum Gasteiger partial charge on any atom is -0.486 e. The van der Waals surface area contributed by atoms with Gasteiger partial charge in [0, 0.05) is 31.1 Å². The molecule has 1 N–H and O–H groups in total. The number of amides is 2. The standard InChI is InChI=1S/C29H32ClN3O6S/c1-3-40(36,37)33(23-13-14-26-27(18-23)39-16-15-38-26)20-28(34)32(19-22-11-7-8-12-24(22)30)25(29(35)31-2)17-21-9-5-4-6-10-21/h4-14,18,25H,3,15-17,19-20H2,1-2H3,(H,31,35)/t25-/m0/s1. The van der Waals surface area contributed by atoms with Crippen molar-refractivity contribution in [3.8, 4) is 11.5 Å². The van der Waals surface area contributed by atoms with Crippen LogP contribution < -0.4 is 19.1 Å². The van der Waals surface area contributed by atoms with Gasteiger partial charge in [0.1, 0.15) is 25.8 Å². The predicted octanol–water partition coefficient (Wildman–Crippen LogP) is 3.65. The number of sulfonamides is 1. The highest BCUT2D eigenvalue weighted by atomic mass is 35.5. The first kappa shape index (κ1) is 29.2. The number of benzene rings is 3. The van der Waals surface area contributed by atoms with E-state index in [9.17, 15) is 18.0 Å².